The third-order valence-electron chi connectivity index (χ3n) is 10.1. The molecule has 0 bridgehead atoms. The smallest absolute Gasteiger partial charge is 0.220 e. The summed E-state index contributed by atoms with van der Waals surface area (Å²) in [6.07, 6.45) is -0.445. The first kappa shape index (κ1) is 38.4. The summed E-state index contributed by atoms with van der Waals surface area (Å²) in [6, 6.07) is 23.6. The van der Waals surface area contributed by atoms with Crippen LogP contribution in [0.2, 0.25) is 10.0 Å². The lowest BCUT2D eigenvalue weighted by Gasteiger charge is -2.35. The minimum absolute atomic E-state index is 0.0170. The Labute approximate surface area is 329 Å². The average molecular weight is 785 g/mol. The van der Waals surface area contributed by atoms with Crippen molar-refractivity contribution in [2.45, 2.75) is 63.3 Å². The molecule has 0 aromatic heterocycles. The zero-order chi connectivity index (χ0) is 38.5. The Kier molecular flexibility index (Phi) is 12.1. The van der Waals surface area contributed by atoms with E-state index in [1.54, 1.807) is 24.3 Å². The van der Waals surface area contributed by atoms with E-state index in [9.17, 15) is 20.4 Å². The lowest BCUT2D eigenvalue weighted by atomic mass is 9.96. The van der Waals surface area contributed by atoms with Crippen LogP contribution in [0.25, 0.3) is 11.1 Å². The van der Waals surface area contributed by atoms with Crippen molar-refractivity contribution in [3.63, 3.8) is 0 Å². The highest BCUT2D eigenvalue weighted by atomic mass is 35.5. The number of nitrogens with one attached hydrogen (secondary N) is 2. The maximum absolute atomic E-state index is 16.1. The molecule has 1 amide bonds. The minimum Gasteiger partial charge on any atom is -0.492 e. The molecule has 284 valence electrons. The molecule has 0 radical (unpaired) electrons. The highest BCUT2D eigenvalue weighted by Crippen LogP contribution is 2.46. The number of carbonyl (C=O) groups is 1. The molecule has 2 saturated heterocycles. The number of rotatable bonds is 15. The predicted molar refractivity (Wildman–Crippen MR) is 206 cm³/mol. The Balaban J connectivity index is 1.11. The van der Waals surface area contributed by atoms with Crippen molar-refractivity contribution in [2.75, 3.05) is 32.8 Å². The molecule has 3 aliphatic rings. The molecule has 2 aliphatic heterocycles. The van der Waals surface area contributed by atoms with Gasteiger partial charge in [-0.1, -0.05) is 53.5 Å². The van der Waals surface area contributed by atoms with Gasteiger partial charge in [-0.05, 0) is 65.4 Å². The molecule has 0 unspecified atom stereocenters. The van der Waals surface area contributed by atoms with Gasteiger partial charge in [0.1, 0.15) is 30.0 Å². The van der Waals surface area contributed by atoms with Crippen LogP contribution in [0.1, 0.15) is 58.7 Å². The number of hydrogen-bond donors (Lipinski definition) is 3. The number of likely N-dealkylation sites (tertiary alicyclic amines) is 1. The lowest BCUT2D eigenvalue weighted by Crippen LogP contribution is -2.50. The third kappa shape index (κ3) is 8.99. The van der Waals surface area contributed by atoms with Gasteiger partial charge >= 0.3 is 0 Å². The Morgan fingerprint density at radius 1 is 0.964 bits per heavy atom. The summed E-state index contributed by atoms with van der Waals surface area (Å²) in [5.74, 6) is 1.24. The van der Waals surface area contributed by atoms with Crippen molar-refractivity contribution in [3.05, 3.63) is 110 Å². The number of hydrogen-bond acceptors (Lipinski definition) is 9. The van der Waals surface area contributed by atoms with Crippen LogP contribution in [-0.2, 0) is 24.4 Å². The van der Waals surface area contributed by atoms with Gasteiger partial charge in [0.15, 0.2) is 6.10 Å². The highest BCUT2D eigenvalue weighted by molar-refractivity contribution is 6.35. The molecule has 13 heteroatoms. The summed E-state index contributed by atoms with van der Waals surface area (Å²) in [5, 5.41) is 35.5. The van der Waals surface area contributed by atoms with Crippen LogP contribution in [-0.4, -0.2) is 67.0 Å². The van der Waals surface area contributed by atoms with Gasteiger partial charge in [0, 0.05) is 68.8 Å². The van der Waals surface area contributed by atoms with E-state index >= 15 is 4.39 Å². The normalized spacial score (nSPS) is 19.2. The third-order valence-corrected chi connectivity index (χ3v) is 10.8. The van der Waals surface area contributed by atoms with Gasteiger partial charge in [-0.3, -0.25) is 9.69 Å². The van der Waals surface area contributed by atoms with Crippen LogP contribution < -0.4 is 24.8 Å². The van der Waals surface area contributed by atoms with E-state index in [-0.39, 0.29) is 41.9 Å². The van der Waals surface area contributed by atoms with Crippen LogP contribution in [0.3, 0.4) is 0 Å². The number of amides is 1. The van der Waals surface area contributed by atoms with Crippen molar-refractivity contribution in [1.82, 2.24) is 15.5 Å². The maximum atomic E-state index is 16.1. The summed E-state index contributed by atoms with van der Waals surface area (Å²) < 4.78 is 34.8. The summed E-state index contributed by atoms with van der Waals surface area (Å²) >= 11 is 13.7. The van der Waals surface area contributed by atoms with Gasteiger partial charge in [0.2, 0.25) is 5.91 Å². The van der Waals surface area contributed by atoms with Gasteiger partial charge in [-0.2, -0.15) is 10.5 Å². The van der Waals surface area contributed by atoms with Crippen molar-refractivity contribution in [2.24, 2.45) is 0 Å². The summed E-state index contributed by atoms with van der Waals surface area (Å²) in [5.41, 5.74) is 5.01. The molecule has 2 fully saturated rings. The zero-order valence-corrected chi connectivity index (χ0v) is 31.5. The Morgan fingerprint density at radius 3 is 2.45 bits per heavy atom. The Morgan fingerprint density at radius 2 is 1.73 bits per heavy atom. The molecule has 1 aliphatic carbocycles. The molecular weight excluding hydrogens is 744 g/mol. The first-order valence-electron chi connectivity index (χ1n) is 18.3. The SMILES string of the molecule is N#Cc1cc(C#N)cc(COc2cc(O[C@@H]3c4cccc(-c5cccc(OCCCN6CC(O)C6)c5Cl)c4C[C@@H]3F)c(Cl)cc2CNC[C@H]2CCC(=O)N2)c1. The molecule has 55 heavy (non-hydrogen) atoms. The number of fused-ring (bicyclic) bond motifs is 1. The minimum atomic E-state index is -1.38. The molecule has 3 N–H and O–H groups in total. The molecule has 3 atom stereocenters. The van der Waals surface area contributed by atoms with Gasteiger partial charge in [0.05, 0.1) is 46.0 Å². The topological polar surface area (TPSA) is 140 Å². The number of nitriles is 2. The largest absolute Gasteiger partial charge is 0.492 e. The van der Waals surface area contributed by atoms with E-state index in [0.717, 1.165) is 36.1 Å². The Bertz CT molecular complexity index is 2120. The second kappa shape index (κ2) is 17.3. The molecule has 4 aromatic carbocycles. The number of β-amino-alcohol motifs (C(OH)–C–C–N with tert-alkyl or cyclic N) is 1. The molecule has 0 spiro atoms. The number of nitrogens with zero attached hydrogens (tertiary/aromatic N) is 3. The summed E-state index contributed by atoms with van der Waals surface area (Å²) in [4.78, 5) is 13.9. The number of aliphatic hydroxyl groups is 1. The Hall–Kier alpha value is -4.88. The predicted octanol–water partition coefficient (Wildman–Crippen LogP) is 6.81. The number of benzene rings is 4. The molecule has 2 heterocycles. The van der Waals surface area contributed by atoms with Crippen LogP contribution in [0.5, 0.6) is 17.2 Å². The number of ether oxygens (including phenoxy) is 3. The first-order valence-corrected chi connectivity index (χ1v) is 19.1. The standard InChI is InChI=1S/C42H40Cl2FN5O5/c43-35-15-28(20-48-21-29-8-9-40(52)49-29)38(54-24-27-13-25(18-46)12-26(14-27)19-47)17-39(35)55-42-33-6-1-4-31(34(33)16-36(42)45)32-5-2-7-37(41(32)44)53-11-3-10-50-22-30(51)23-50/h1-2,4-7,12-15,17,29-30,36,42,48,51H,3,8-11,16,20-24H2,(H,49,52)/t29-,36+,42-/m1/s1. The fraction of sp³-hybridized carbons (Fsp3) is 0.357. The van der Waals surface area contributed by atoms with E-state index in [2.05, 4.69) is 27.7 Å². The van der Waals surface area contributed by atoms with E-state index < -0.39 is 12.3 Å². The van der Waals surface area contributed by atoms with E-state index in [1.807, 2.05) is 36.4 Å². The van der Waals surface area contributed by atoms with Crippen LogP contribution in [0, 0.1) is 22.7 Å². The van der Waals surface area contributed by atoms with E-state index in [1.165, 1.54) is 6.07 Å². The number of carbonyl (C=O) groups excluding carboxylic acids is 1. The van der Waals surface area contributed by atoms with Gasteiger partial charge in [-0.25, -0.2) is 4.39 Å². The van der Waals surface area contributed by atoms with Crippen molar-refractivity contribution >= 4 is 29.1 Å². The molecular formula is C42H40Cl2FN5O5. The monoisotopic (exact) mass is 783 g/mol. The first-order chi connectivity index (χ1) is 26.7. The molecule has 7 rings (SSSR count). The van der Waals surface area contributed by atoms with Crippen LogP contribution in [0.4, 0.5) is 4.39 Å². The van der Waals surface area contributed by atoms with Crippen LogP contribution in [0.15, 0.2) is 66.7 Å². The molecule has 10 nitrogen and oxygen atoms in total. The maximum Gasteiger partial charge on any atom is 0.220 e. The van der Waals surface area contributed by atoms with E-state index in [4.69, 9.17) is 37.4 Å². The zero-order valence-electron chi connectivity index (χ0n) is 30.0. The summed E-state index contributed by atoms with van der Waals surface area (Å²) in [6.45, 7) is 3.63. The van der Waals surface area contributed by atoms with Gasteiger partial charge < -0.3 is 30.0 Å². The lowest BCUT2D eigenvalue weighted by molar-refractivity contribution is -0.119. The van der Waals surface area contributed by atoms with Gasteiger partial charge in [0.25, 0.3) is 0 Å². The number of aliphatic hydroxyl groups excluding tert-OH is 1. The second-order valence-electron chi connectivity index (χ2n) is 14.1. The number of halogens is 3. The average Bonchev–Trinajstić information content (AvgIpc) is 3.74. The van der Waals surface area contributed by atoms with Crippen molar-refractivity contribution < 1.29 is 28.5 Å². The van der Waals surface area contributed by atoms with E-state index in [0.29, 0.717) is 83.5 Å². The fourth-order valence-corrected chi connectivity index (χ4v) is 7.88. The highest BCUT2D eigenvalue weighted by Gasteiger charge is 2.37. The molecule has 4 aromatic rings. The van der Waals surface area contributed by atoms with Crippen molar-refractivity contribution in [1.29, 1.82) is 10.5 Å². The van der Waals surface area contributed by atoms with Crippen molar-refractivity contribution in [3.8, 4) is 40.5 Å². The second-order valence-corrected chi connectivity index (χ2v) is 14.9. The number of alkyl halides is 1. The fourth-order valence-electron chi connectivity index (χ4n) is 7.36. The van der Waals surface area contributed by atoms with Crippen LogP contribution >= 0.6 is 23.2 Å². The molecule has 0 saturated carbocycles. The van der Waals surface area contributed by atoms with Gasteiger partial charge in [-0.15, -0.1) is 0 Å². The summed E-state index contributed by atoms with van der Waals surface area (Å²) in [7, 11) is 0. The quantitative estimate of drug-likeness (QED) is 0.111.